The molecule has 0 unspecified atom stereocenters. The van der Waals surface area contributed by atoms with Gasteiger partial charge in [0.25, 0.3) is 0 Å². The molecule has 1 aromatic carbocycles. The van der Waals surface area contributed by atoms with E-state index in [1.54, 1.807) is 24.3 Å². The van der Waals surface area contributed by atoms with Crippen LogP contribution in [0.1, 0.15) is 10.5 Å². The van der Waals surface area contributed by atoms with Crippen LogP contribution in [0.2, 0.25) is 5.02 Å². The quantitative estimate of drug-likeness (QED) is 0.876. The van der Waals surface area contributed by atoms with Crippen LogP contribution in [0.25, 0.3) is 10.4 Å². The van der Waals surface area contributed by atoms with Gasteiger partial charge in [-0.25, -0.2) is 4.79 Å². The molecule has 0 bridgehead atoms. The van der Waals surface area contributed by atoms with Crippen LogP contribution in [0.4, 0.5) is 0 Å². The SMILES string of the molecule is O=C(O)c1nnsc1-c1ccccc1Cl. The Hall–Kier alpha value is -1.46. The average molecular weight is 241 g/mol. The van der Waals surface area contributed by atoms with Crippen molar-refractivity contribution in [3.8, 4) is 10.4 Å². The lowest BCUT2D eigenvalue weighted by atomic mass is 10.1. The van der Waals surface area contributed by atoms with Crippen molar-refractivity contribution >= 4 is 29.1 Å². The molecular weight excluding hydrogens is 236 g/mol. The molecule has 1 heterocycles. The summed E-state index contributed by atoms with van der Waals surface area (Å²) in [6, 6.07) is 7.00. The molecule has 2 aromatic rings. The van der Waals surface area contributed by atoms with E-state index in [0.717, 1.165) is 11.5 Å². The second kappa shape index (κ2) is 3.96. The molecule has 0 spiro atoms. The molecule has 4 nitrogen and oxygen atoms in total. The second-order valence-electron chi connectivity index (χ2n) is 2.74. The van der Waals surface area contributed by atoms with E-state index in [2.05, 4.69) is 9.59 Å². The normalized spacial score (nSPS) is 10.2. The number of rotatable bonds is 2. The van der Waals surface area contributed by atoms with Gasteiger partial charge in [0, 0.05) is 10.6 Å². The highest BCUT2D eigenvalue weighted by molar-refractivity contribution is 7.09. The van der Waals surface area contributed by atoms with Gasteiger partial charge in [0.2, 0.25) is 0 Å². The molecule has 0 atom stereocenters. The summed E-state index contributed by atoms with van der Waals surface area (Å²) in [5.74, 6) is -1.10. The van der Waals surface area contributed by atoms with E-state index >= 15 is 0 Å². The van der Waals surface area contributed by atoms with Crippen LogP contribution >= 0.6 is 23.1 Å². The summed E-state index contributed by atoms with van der Waals surface area (Å²) in [5.41, 5.74) is 0.583. The molecule has 0 aliphatic rings. The van der Waals surface area contributed by atoms with Gasteiger partial charge < -0.3 is 5.11 Å². The number of nitrogens with zero attached hydrogens (tertiary/aromatic N) is 2. The van der Waals surface area contributed by atoms with Crippen molar-refractivity contribution in [2.45, 2.75) is 0 Å². The van der Waals surface area contributed by atoms with Crippen LogP contribution in [0.5, 0.6) is 0 Å². The number of hydrogen-bond donors (Lipinski definition) is 1. The predicted molar refractivity (Wildman–Crippen MR) is 57.3 cm³/mol. The minimum Gasteiger partial charge on any atom is -0.476 e. The van der Waals surface area contributed by atoms with E-state index in [9.17, 15) is 4.79 Å². The Bertz CT molecular complexity index is 512. The Balaban J connectivity index is 2.59. The molecule has 76 valence electrons. The monoisotopic (exact) mass is 240 g/mol. The number of carboxylic acids is 1. The first-order valence-corrected chi connectivity index (χ1v) is 5.16. The van der Waals surface area contributed by atoms with Crippen molar-refractivity contribution < 1.29 is 9.90 Å². The van der Waals surface area contributed by atoms with Gasteiger partial charge >= 0.3 is 5.97 Å². The van der Waals surface area contributed by atoms with Gasteiger partial charge in [-0.2, -0.15) is 0 Å². The van der Waals surface area contributed by atoms with Gasteiger partial charge in [0.1, 0.15) is 0 Å². The molecule has 0 amide bonds. The van der Waals surface area contributed by atoms with Crippen molar-refractivity contribution in [2.24, 2.45) is 0 Å². The number of aromatic nitrogens is 2. The van der Waals surface area contributed by atoms with Gasteiger partial charge in [-0.05, 0) is 17.6 Å². The fourth-order valence-electron chi connectivity index (χ4n) is 1.15. The Labute approximate surface area is 94.3 Å². The average Bonchev–Trinajstić information content (AvgIpc) is 2.67. The number of aromatic carboxylic acids is 1. The zero-order chi connectivity index (χ0) is 10.8. The molecule has 0 radical (unpaired) electrons. The Morgan fingerprint density at radius 1 is 1.40 bits per heavy atom. The van der Waals surface area contributed by atoms with Crippen LogP contribution in [-0.4, -0.2) is 20.7 Å². The smallest absolute Gasteiger partial charge is 0.358 e. The third-order valence-electron chi connectivity index (χ3n) is 1.81. The van der Waals surface area contributed by atoms with Gasteiger partial charge in [-0.3, -0.25) is 0 Å². The van der Waals surface area contributed by atoms with Gasteiger partial charge in [-0.1, -0.05) is 34.3 Å². The van der Waals surface area contributed by atoms with Crippen LogP contribution in [0.3, 0.4) is 0 Å². The summed E-state index contributed by atoms with van der Waals surface area (Å²) in [6.07, 6.45) is 0. The largest absolute Gasteiger partial charge is 0.476 e. The van der Waals surface area contributed by atoms with Crippen LogP contribution in [-0.2, 0) is 0 Å². The maximum Gasteiger partial charge on any atom is 0.358 e. The molecule has 0 fully saturated rings. The number of carbonyl (C=O) groups is 1. The topological polar surface area (TPSA) is 63.1 Å². The number of hydrogen-bond acceptors (Lipinski definition) is 4. The highest BCUT2D eigenvalue weighted by Crippen LogP contribution is 2.31. The fraction of sp³-hybridized carbons (Fsp3) is 0. The summed E-state index contributed by atoms with van der Waals surface area (Å²) in [4.78, 5) is 11.3. The zero-order valence-corrected chi connectivity index (χ0v) is 8.92. The Morgan fingerprint density at radius 3 is 2.80 bits per heavy atom. The Morgan fingerprint density at radius 2 is 2.13 bits per heavy atom. The van der Waals surface area contributed by atoms with E-state index < -0.39 is 5.97 Å². The van der Waals surface area contributed by atoms with Gasteiger partial charge in [-0.15, -0.1) is 5.10 Å². The molecule has 0 aliphatic carbocycles. The molecule has 6 heteroatoms. The minimum absolute atomic E-state index is 0.0619. The van der Waals surface area contributed by atoms with Gasteiger partial charge in [0.15, 0.2) is 5.69 Å². The molecule has 0 saturated carbocycles. The fourth-order valence-corrected chi connectivity index (χ4v) is 2.13. The van der Waals surface area contributed by atoms with Crippen molar-refractivity contribution in [3.63, 3.8) is 0 Å². The van der Waals surface area contributed by atoms with Crippen LogP contribution < -0.4 is 0 Å². The summed E-state index contributed by atoms with van der Waals surface area (Å²) >= 11 is 6.97. The number of benzene rings is 1. The molecule has 15 heavy (non-hydrogen) atoms. The number of carboxylic acid groups (broad SMARTS) is 1. The molecule has 2 rings (SSSR count). The highest BCUT2D eigenvalue weighted by atomic mass is 35.5. The molecule has 1 N–H and O–H groups in total. The first kappa shape index (κ1) is 10.1. The van der Waals surface area contributed by atoms with Crippen molar-refractivity contribution in [2.75, 3.05) is 0 Å². The third-order valence-corrected chi connectivity index (χ3v) is 2.90. The summed E-state index contributed by atoms with van der Waals surface area (Å²) < 4.78 is 3.61. The molecule has 0 saturated heterocycles. The minimum atomic E-state index is -1.10. The van der Waals surface area contributed by atoms with E-state index in [-0.39, 0.29) is 5.69 Å². The van der Waals surface area contributed by atoms with Crippen LogP contribution in [0, 0.1) is 0 Å². The summed E-state index contributed by atoms with van der Waals surface area (Å²) in [6.45, 7) is 0. The summed E-state index contributed by atoms with van der Waals surface area (Å²) in [5, 5.41) is 12.9. The maximum atomic E-state index is 10.8. The first-order valence-electron chi connectivity index (χ1n) is 4.00. The van der Waals surface area contributed by atoms with Gasteiger partial charge in [0.05, 0.1) is 4.88 Å². The molecule has 0 aliphatic heterocycles. The Kier molecular flexibility index (Phi) is 2.66. The van der Waals surface area contributed by atoms with Crippen molar-refractivity contribution in [3.05, 3.63) is 35.0 Å². The standard InChI is InChI=1S/C9H5ClN2O2S/c10-6-4-2-1-3-5(6)8-7(9(13)14)11-12-15-8/h1-4H,(H,13,14). The van der Waals surface area contributed by atoms with E-state index in [1.807, 2.05) is 0 Å². The predicted octanol–water partition coefficient (Wildman–Crippen LogP) is 2.56. The molecular formula is C9H5ClN2O2S. The second-order valence-corrected chi connectivity index (χ2v) is 3.90. The van der Waals surface area contributed by atoms with E-state index in [4.69, 9.17) is 16.7 Å². The van der Waals surface area contributed by atoms with E-state index in [1.165, 1.54) is 0 Å². The zero-order valence-electron chi connectivity index (χ0n) is 7.35. The van der Waals surface area contributed by atoms with Crippen molar-refractivity contribution in [1.82, 2.24) is 9.59 Å². The van der Waals surface area contributed by atoms with Crippen molar-refractivity contribution in [1.29, 1.82) is 0 Å². The third kappa shape index (κ3) is 1.84. The molecule has 1 aromatic heterocycles. The van der Waals surface area contributed by atoms with E-state index in [0.29, 0.717) is 15.5 Å². The lowest BCUT2D eigenvalue weighted by Gasteiger charge is -1.99. The maximum absolute atomic E-state index is 10.8. The van der Waals surface area contributed by atoms with Crippen LogP contribution in [0.15, 0.2) is 24.3 Å². The lowest BCUT2D eigenvalue weighted by molar-refractivity contribution is 0.0691. The first-order chi connectivity index (χ1) is 7.20. The highest BCUT2D eigenvalue weighted by Gasteiger charge is 2.18. The lowest BCUT2D eigenvalue weighted by Crippen LogP contribution is -1.98. The number of halogens is 1. The summed E-state index contributed by atoms with van der Waals surface area (Å²) in [7, 11) is 0.